The van der Waals surface area contributed by atoms with Gasteiger partial charge in [-0.3, -0.25) is 4.57 Å². The van der Waals surface area contributed by atoms with Crippen LogP contribution in [0.15, 0.2) is 127 Å². The summed E-state index contributed by atoms with van der Waals surface area (Å²) in [6, 6.07) is 38.3. The zero-order chi connectivity index (χ0) is 27.8. The molecule has 0 radical (unpaired) electrons. The molecule has 0 bridgehead atoms. The molecule has 0 saturated heterocycles. The van der Waals surface area contributed by atoms with Crippen molar-refractivity contribution in [3.05, 3.63) is 139 Å². The highest BCUT2D eigenvalue weighted by molar-refractivity contribution is 5.83. The van der Waals surface area contributed by atoms with E-state index in [0.29, 0.717) is 34.4 Å². The average molecular weight is 538 g/mol. The van der Waals surface area contributed by atoms with Crippen molar-refractivity contribution in [2.24, 2.45) is 0 Å². The zero-order valence-corrected chi connectivity index (χ0v) is 21.6. The van der Waals surface area contributed by atoms with Crippen LogP contribution in [-0.4, -0.2) is 24.5 Å². The Morgan fingerprint density at radius 2 is 0.927 bits per heavy atom. The highest BCUT2D eigenvalue weighted by Crippen LogP contribution is 2.31. The van der Waals surface area contributed by atoms with Gasteiger partial charge in [0.25, 0.3) is 0 Å². The maximum Gasteiger partial charge on any atom is 0.164 e. The van der Waals surface area contributed by atoms with Gasteiger partial charge in [-0.05, 0) is 48.5 Å². The molecule has 2 heterocycles. The van der Waals surface area contributed by atoms with E-state index < -0.39 is 11.6 Å². The van der Waals surface area contributed by atoms with E-state index in [4.69, 9.17) is 19.9 Å². The zero-order valence-electron chi connectivity index (χ0n) is 21.6. The molecule has 5 nitrogen and oxygen atoms in total. The first kappa shape index (κ1) is 24.5. The van der Waals surface area contributed by atoms with Gasteiger partial charge in [0.1, 0.15) is 17.5 Å². The summed E-state index contributed by atoms with van der Waals surface area (Å²) in [4.78, 5) is 19.1. The summed E-state index contributed by atoms with van der Waals surface area (Å²) in [6.45, 7) is 0. The number of fused-ring (bicyclic) bond motifs is 1. The minimum Gasteiger partial charge on any atom is -0.292 e. The fourth-order valence-electron chi connectivity index (χ4n) is 4.86. The Morgan fingerprint density at radius 1 is 0.439 bits per heavy atom. The number of rotatable bonds is 5. The maximum atomic E-state index is 14.2. The lowest BCUT2D eigenvalue weighted by molar-refractivity contribution is 0.584. The summed E-state index contributed by atoms with van der Waals surface area (Å²) in [7, 11) is 0. The monoisotopic (exact) mass is 537 g/mol. The van der Waals surface area contributed by atoms with E-state index in [1.807, 2.05) is 114 Å². The second-order valence-electron chi connectivity index (χ2n) is 9.50. The van der Waals surface area contributed by atoms with E-state index in [-0.39, 0.29) is 0 Å². The molecule has 5 aromatic carbocycles. The Bertz CT molecular complexity index is 1930. The Morgan fingerprint density at radius 3 is 1.49 bits per heavy atom. The molecule has 7 rings (SSSR count). The molecular weight excluding hydrogens is 516 g/mol. The third-order valence-electron chi connectivity index (χ3n) is 6.76. The molecule has 0 aliphatic rings. The molecule has 0 atom stereocenters. The molecule has 7 aromatic rings. The predicted molar refractivity (Wildman–Crippen MR) is 156 cm³/mol. The number of halogens is 2. The standard InChI is InChI=1S/C34H21F2N5/c35-26-19-25(20-27(36)21-26)34-37-29-13-7-8-14-30(29)41(34)28-17-15-24(16-18-28)33-39-31(22-9-3-1-4-10-22)38-32(40-33)23-11-5-2-6-12-23/h1-21H. The number of benzene rings is 5. The quantitative estimate of drug-likeness (QED) is 0.222. The number of nitrogens with zero attached hydrogens (tertiary/aromatic N) is 5. The summed E-state index contributed by atoms with van der Waals surface area (Å²) in [5.41, 5.74) is 5.24. The van der Waals surface area contributed by atoms with Gasteiger partial charge in [-0.1, -0.05) is 72.8 Å². The molecule has 0 aliphatic heterocycles. The first-order valence-electron chi connectivity index (χ1n) is 13.0. The number of imidazole rings is 1. The number of hydrogen-bond donors (Lipinski definition) is 0. The van der Waals surface area contributed by atoms with Crippen LogP contribution in [0.4, 0.5) is 8.78 Å². The van der Waals surface area contributed by atoms with Crippen LogP contribution in [0, 0.1) is 11.6 Å². The Kier molecular flexibility index (Phi) is 6.09. The third kappa shape index (κ3) is 4.74. The van der Waals surface area contributed by atoms with Crippen molar-refractivity contribution < 1.29 is 8.78 Å². The summed E-state index contributed by atoms with van der Waals surface area (Å²) < 4.78 is 30.2. The molecule has 0 fully saturated rings. The van der Waals surface area contributed by atoms with E-state index in [9.17, 15) is 8.78 Å². The van der Waals surface area contributed by atoms with E-state index in [1.165, 1.54) is 12.1 Å². The second-order valence-corrected chi connectivity index (χ2v) is 9.50. The Labute approximate surface area is 234 Å². The van der Waals surface area contributed by atoms with Crippen LogP contribution in [0.3, 0.4) is 0 Å². The maximum absolute atomic E-state index is 14.2. The van der Waals surface area contributed by atoms with Gasteiger partial charge < -0.3 is 0 Å². The van der Waals surface area contributed by atoms with Gasteiger partial charge in [0.05, 0.1) is 11.0 Å². The van der Waals surface area contributed by atoms with E-state index in [1.54, 1.807) is 0 Å². The Hall–Kier alpha value is -5.56. The van der Waals surface area contributed by atoms with Crippen molar-refractivity contribution >= 4 is 11.0 Å². The van der Waals surface area contributed by atoms with Crippen molar-refractivity contribution in [2.75, 3.05) is 0 Å². The summed E-state index contributed by atoms with van der Waals surface area (Å²) >= 11 is 0. The van der Waals surface area contributed by atoms with Gasteiger partial charge in [-0.25, -0.2) is 28.7 Å². The van der Waals surface area contributed by atoms with E-state index in [0.717, 1.165) is 34.0 Å². The van der Waals surface area contributed by atoms with Crippen LogP contribution in [-0.2, 0) is 0 Å². The normalized spacial score (nSPS) is 11.2. The van der Waals surface area contributed by atoms with Gasteiger partial charge in [-0.2, -0.15) is 0 Å². The van der Waals surface area contributed by atoms with Crippen LogP contribution >= 0.6 is 0 Å². The second kappa shape index (κ2) is 10.2. The largest absolute Gasteiger partial charge is 0.292 e. The van der Waals surface area contributed by atoms with E-state index in [2.05, 4.69) is 0 Å². The molecule has 0 amide bonds. The van der Waals surface area contributed by atoms with Crippen molar-refractivity contribution in [3.63, 3.8) is 0 Å². The Balaban J connectivity index is 1.36. The van der Waals surface area contributed by atoms with Gasteiger partial charge in [0, 0.05) is 34.0 Å². The molecule has 0 unspecified atom stereocenters. The van der Waals surface area contributed by atoms with Gasteiger partial charge in [0.15, 0.2) is 17.5 Å². The lowest BCUT2D eigenvalue weighted by Crippen LogP contribution is -2.01. The average Bonchev–Trinajstić information content (AvgIpc) is 3.41. The summed E-state index contributed by atoms with van der Waals surface area (Å²) in [5.74, 6) is 0.811. The fraction of sp³-hybridized carbons (Fsp3) is 0. The SMILES string of the molecule is Fc1cc(F)cc(-c2nc3ccccc3n2-c2ccc(-c3nc(-c4ccccc4)nc(-c4ccccc4)n3)cc2)c1. The fourth-order valence-corrected chi connectivity index (χ4v) is 4.86. The molecular formula is C34H21F2N5. The van der Waals surface area contributed by atoms with Crippen molar-refractivity contribution in [1.29, 1.82) is 0 Å². The van der Waals surface area contributed by atoms with Gasteiger partial charge in [0.2, 0.25) is 0 Å². The van der Waals surface area contributed by atoms with Gasteiger partial charge in [-0.15, -0.1) is 0 Å². The first-order valence-corrected chi connectivity index (χ1v) is 13.0. The summed E-state index contributed by atoms with van der Waals surface area (Å²) in [6.07, 6.45) is 0. The molecule has 7 heteroatoms. The molecule has 0 N–H and O–H groups in total. The van der Waals surface area contributed by atoms with Crippen LogP contribution in [0.2, 0.25) is 0 Å². The van der Waals surface area contributed by atoms with Crippen LogP contribution in [0.1, 0.15) is 0 Å². The van der Waals surface area contributed by atoms with Crippen molar-refractivity contribution in [3.8, 4) is 51.2 Å². The van der Waals surface area contributed by atoms with Crippen LogP contribution in [0.25, 0.3) is 62.3 Å². The van der Waals surface area contributed by atoms with Crippen LogP contribution < -0.4 is 0 Å². The smallest absolute Gasteiger partial charge is 0.164 e. The third-order valence-corrected chi connectivity index (χ3v) is 6.76. The lowest BCUT2D eigenvalue weighted by atomic mass is 10.1. The molecule has 2 aromatic heterocycles. The highest BCUT2D eigenvalue weighted by atomic mass is 19.1. The molecule has 0 spiro atoms. The molecule has 196 valence electrons. The molecule has 0 saturated carbocycles. The first-order chi connectivity index (χ1) is 20.1. The van der Waals surface area contributed by atoms with Gasteiger partial charge >= 0.3 is 0 Å². The molecule has 0 aliphatic carbocycles. The van der Waals surface area contributed by atoms with Crippen molar-refractivity contribution in [2.45, 2.75) is 0 Å². The predicted octanol–water partition coefficient (Wildman–Crippen LogP) is 8.16. The van der Waals surface area contributed by atoms with Crippen LogP contribution in [0.5, 0.6) is 0 Å². The topological polar surface area (TPSA) is 56.5 Å². The number of aromatic nitrogens is 5. The lowest BCUT2D eigenvalue weighted by Gasteiger charge is -2.12. The minimum absolute atomic E-state index is 0.347. The minimum atomic E-state index is -0.660. The number of para-hydroxylation sites is 2. The van der Waals surface area contributed by atoms with Crippen molar-refractivity contribution in [1.82, 2.24) is 24.5 Å². The highest BCUT2D eigenvalue weighted by Gasteiger charge is 2.17. The number of hydrogen-bond acceptors (Lipinski definition) is 4. The summed E-state index contributed by atoms with van der Waals surface area (Å²) in [5, 5.41) is 0. The van der Waals surface area contributed by atoms with E-state index >= 15 is 0 Å². The molecule has 41 heavy (non-hydrogen) atoms.